The van der Waals surface area contributed by atoms with Crippen LogP contribution in [-0.4, -0.2) is 23.9 Å². The SMILES string of the molecule is CCN(CC)C(=O)/C=C/c1cccc(C)c1. The second-order valence-corrected chi connectivity index (χ2v) is 3.76. The minimum atomic E-state index is 0.0755. The van der Waals surface area contributed by atoms with Crippen LogP contribution < -0.4 is 0 Å². The molecule has 1 rings (SSSR count). The summed E-state index contributed by atoms with van der Waals surface area (Å²) < 4.78 is 0. The molecule has 0 fully saturated rings. The van der Waals surface area contributed by atoms with E-state index in [-0.39, 0.29) is 5.91 Å². The number of benzene rings is 1. The van der Waals surface area contributed by atoms with Gasteiger partial charge >= 0.3 is 0 Å². The van der Waals surface area contributed by atoms with Crippen LogP contribution >= 0.6 is 0 Å². The minimum absolute atomic E-state index is 0.0755. The third-order valence-electron chi connectivity index (χ3n) is 2.54. The lowest BCUT2D eigenvalue weighted by Crippen LogP contribution is -2.28. The summed E-state index contributed by atoms with van der Waals surface area (Å²) in [6.07, 6.45) is 3.51. The molecular formula is C14H19NO. The zero-order valence-corrected chi connectivity index (χ0v) is 10.2. The lowest BCUT2D eigenvalue weighted by Gasteiger charge is -2.15. The molecule has 0 N–H and O–H groups in total. The predicted molar refractivity (Wildman–Crippen MR) is 68.1 cm³/mol. The average Bonchev–Trinajstić information content (AvgIpc) is 2.28. The summed E-state index contributed by atoms with van der Waals surface area (Å²) in [5, 5.41) is 0. The fraction of sp³-hybridized carbons (Fsp3) is 0.357. The van der Waals surface area contributed by atoms with Crippen molar-refractivity contribution in [2.24, 2.45) is 0 Å². The summed E-state index contributed by atoms with van der Waals surface area (Å²) in [5.41, 5.74) is 2.28. The van der Waals surface area contributed by atoms with Crippen molar-refractivity contribution >= 4 is 12.0 Å². The normalized spacial score (nSPS) is 10.7. The molecule has 0 aliphatic rings. The molecule has 0 aromatic heterocycles. The van der Waals surface area contributed by atoms with E-state index in [2.05, 4.69) is 6.07 Å². The smallest absolute Gasteiger partial charge is 0.246 e. The Hall–Kier alpha value is -1.57. The van der Waals surface area contributed by atoms with E-state index >= 15 is 0 Å². The van der Waals surface area contributed by atoms with Crippen LogP contribution in [0.15, 0.2) is 30.3 Å². The standard InChI is InChI=1S/C14H19NO/c1-4-15(5-2)14(16)10-9-13-8-6-7-12(3)11-13/h6-11H,4-5H2,1-3H3/b10-9+. The van der Waals surface area contributed by atoms with Crippen molar-refractivity contribution in [1.29, 1.82) is 0 Å². The van der Waals surface area contributed by atoms with E-state index < -0.39 is 0 Å². The van der Waals surface area contributed by atoms with Gasteiger partial charge in [-0.1, -0.05) is 29.8 Å². The van der Waals surface area contributed by atoms with Gasteiger partial charge in [0.15, 0.2) is 0 Å². The average molecular weight is 217 g/mol. The largest absolute Gasteiger partial charge is 0.340 e. The summed E-state index contributed by atoms with van der Waals surface area (Å²) in [7, 11) is 0. The summed E-state index contributed by atoms with van der Waals surface area (Å²) in [6.45, 7) is 7.54. The summed E-state index contributed by atoms with van der Waals surface area (Å²) in [5.74, 6) is 0.0755. The van der Waals surface area contributed by atoms with Gasteiger partial charge in [-0.2, -0.15) is 0 Å². The van der Waals surface area contributed by atoms with E-state index in [1.807, 2.05) is 45.0 Å². The number of likely N-dealkylation sites (N-methyl/N-ethyl adjacent to an activating group) is 1. The van der Waals surface area contributed by atoms with Gasteiger partial charge in [-0.3, -0.25) is 4.79 Å². The second kappa shape index (κ2) is 6.11. The highest BCUT2D eigenvalue weighted by molar-refractivity contribution is 5.91. The van der Waals surface area contributed by atoms with Crippen molar-refractivity contribution in [1.82, 2.24) is 4.90 Å². The van der Waals surface area contributed by atoms with Crippen LogP contribution in [0, 0.1) is 6.92 Å². The zero-order chi connectivity index (χ0) is 12.0. The lowest BCUT2D eigenvalue weighted by molar-refractivity contribution is -0.125. The predicted octanol–water partition coefficient (Wildman–Crippen LogP) is 2.88. The zero-order valence-electron chi connectivity index (χ0n) is 10.2. The van der Waals surface area contributed by atoms with Gasteiger partial charge in [-0.15, -0.1) is 0 Å². The van der Waals surface area contributed by atoms with Crippen molar-refractivity contribution < 1.29 is 4.79 Å². The first-order valence-corrected chi connectivity index (χ1v) is 5.71. The van der Waals surface area contributed by atoms with E-state index in [0.29, 0.717) is 0 Å². The van der Waals surface area contributed by atoms with Crippen molar-refractivity contribution in [3.05, 3.63) is 41.5 Å². The highest BCUT2D eigenvalue weighted by Gasteiger charge is 2.03. The molecule has 0 radical (unpaired) electrons. The first kappa shape index (κ1) is 12.5. The quantitative estimate of drug-likeness (QED) is 0.710. The van der Waals surface area contributed by atoms with E-state index in [9.17, 15) is 4.79 Å². The van der Waals surface area contributed by atoms with Crippen molar-refractivity contribution in [2.45, 2.75) is 20.8 Å². The number of aryl methyl sites for hydroxylation is 1. The van der Waals surface area contributed by atoms with E-state index in [1.54, 1.807) is 11.0 Å². The monoisotopic (exact) mass is 217 g/mol. The van der Waals surface area contributed by atoms with E-state index in [1.165, 1.54) is 5.56 Å². The molecular weight excluding hydrogens is 198 g/mol. The van der Waals surface area contributed by atoms with Crippen molar-refractivity contribution in [3.8, 4) is 0 Å². The van der Waals surface area contributed by atoms with E-state index in [0.717, 1.165) is 18.7 Å². The van der Waals surface area contributed by atoms with Crippen LogP contribution in [0.1, 0.15) is 25.0 Å². The van der Waals surface area contributed by atoms with Gasteiger partial charge in [-0.25, -0.2) is 0 Å². The van der Waals surface area contributed by atoms with E-state index in [4.69, 9.17) is 0 Å². The summed E-state index contributed by atoms with van der Waals surface area (Å²) in [6, 6.07) is 8.10. The highest BCUT2D eigenvalue weighted by atomic mass is 16.2. The third kappa shape index (κ3) is 3.54. The summed E-state index contributed by atoms with van der Waals surface area (Å²) >= 11 is 0. The molecule has 2 nitrogen and oxygen atoms in total. The molecule has 16 heavy (non-hydrogen) atoms. The maximum atomic E-state index is 11.7. The number of amides is 1. The Balaban J connectivity index is 2.70. The molecule has 86 valence electrons. The maximum Gasteiger partial charge on any atom is 0.246 e. The fourth-order valence-corrected chi connectivity index (χ4v) is 1.58. The Kier molecular flexibility index (Phi) is 4.77. The van der Waals surface area contributed by atoms with Crippen LogP contribution in [0.2, 0.25) is 0 Å². The molecule has 0 aliphatic heterocycles. The molecule has 0 aliphatic carbocycles. The first-order chi connectivity index (χ1) is 7.67. The molecule has 0 heterocycles. The van der Waals surface area contributed by atoms with Gasteiger partial charge < -0.3 is 4.90 Å². The van der Waals surface area contributed by atoms with Crippen LogP contribution in [0.25, 0.3) is 6.08 Å². The van der Waals surface area contributed by atoms with Crippen LogP contribution in [0.3, 0.4) is 0 Å². The van der Waals surface area contributed by atoms with Gasteiger partial charge in [0.2, 0.25) is 5.91 Å². The Labute approximate surface area is 97.6 Å². The fourth-order valence-electron chi connectivity index (χ4n) is 1.58. The van der Waals surface area contributed by atoms with Gasteiger partial charge in [0.1, 0.15) is 0 Å². The molecule has 1 amide bonds. The second-order valence-electron chi connectivity index (χ2n) is 3.76. The molecule has 0 saturated heterocycles. The molecule has 2 heteroatoms. The molecule has 0 spiro atoms. The molecule has 0 atom stereocenters. The van der Waals surface area contributed by atoms with Crippen LogP contribution in [-0.2, 0) is 4.79 Å². The molecule has 0 saturated carbocycles. The Bertz CT molecular complexity index is 378. The Morgan fingerprint density at radius 1 is 1.31 bits per heavy atom. The molecule has 0 bridgehead atoms. The van der Waals surface area contributed by atoms with Crippen molar-refractivity contribution in [3.63, 3.8) is 0 Å². The number of hydrogen-bond acceptors (Lipinski definition) is 1. The van der Waals surface area contributed by atoms with Gasteiger partial charge in [0.25, 0.3) is 0 Å². The van der Waals surface area contributed by atoms with Gasteiger partial charge in [0, 0.05) is 19.2 Å². The highest BCUT2D eigenvalue weighted by Crippen LogP contribution is 2.06. The number of hydrogen-bond donors (Lipinski definition) is 0. The third-order valence-corrected chi connectivity index (χ3v) is 2.54. The van der Waals surface area contributed by atoms with Crippen LogP contribution in [0.4, 0.5) is 0 Å². The Morgan fingerprint density at radius 3 is 2.56 bits per heavy atom. The van der Waals surface area contributed by atoms with Gasteiger partial charge in [0.05, 0.1) is 0 Å². The number of carbonyl (C=O) groups is 1. The van der Waals surface area contributed by atoms with Crippen LogP contribution in [0.5, 0.6) is 0 Å². The molecule has 1 aromatic rings. The molecule has 1 aromatic carbocycles. The topological polar surface area (TPSA) is 20.3 Å². The first-order valence-electron chi connectivity index (χ1n) is 5.71. The summed E-state index contributed by atoms with van der Waals surface area (Å²) in [4.78, 5) is 13.5. The van der Waals surface area contributed by atoms with Gasteiger partial charge in [-0.05, 0) is 32.4 Å². The Morgan fingerprint density at radius 2 is 2.00 bits per heavy atom. The maximum absolute atomic E-state index is 11.7. The van der Waals surface area contributed by atoms with Crippen molar-refractivity contribution in [2.75, 3.05) is 13.1 Å². The lowest BCUT2D eigenvalue weighted by atomic mass is 10.1. The molecule has 0 unspecified atom stereocenters. The number of carbonyl (C=O) groups excluding carboxylic acids is 1. The number of rotatable bonds is 4. The number of nitrogens with zero attached hydrogens (tertiary/aromatic N) is 1. The minimum Gasteiger partial charge on any atom is -0.340 e.